The molecule has 4 nitrogen and oxygen atoms in total. The fourth-order valence-electron chi connectivity index (χ4n) is 2.64. The fourth-order valence-corrected chi connectivity index (χ4v) is 2.88. The lowest BCUT2D eigenvalue weighted by atomic mass is 10.1. The molecule has 1 N–H and O–H groups in total. The first-order chi connectivity index (χ1) is 13.2. The molecule has 146 valence electrons. The molecule has 2 aromatic carbocycles. The average Bonchev–Trinajstić information content (AvgIpc) is 3.03. The maximum absolute atomic E-state index is 13.1. The van der Waals surface area contributed by atoms with Gasteiger partial charge in [0, 0.05) is 17.8 Å². The number of rotatable bonds is 4. The minimum atomic E-state index is -4.59. The molecule has 0 bridgehead atoms. The van der Waals surface area contributed by atoms with Crippen molar-refractivity contribution < 1.29 is 22.4 Å². The zero-order valence-corrected chi connectivity index (χ0v) is 15.3. The Morgan fingerprint density at radius 2 is 1.86 bits per heavy atom. The van der Waals surface area contributed by atoms with Crippen LogP contribution in [0.15, 0.2) is 48.7 Å². The van der Waals surface area contributed by atoms with Gasteiger partial charge in [0.25, 0.3) is 5.91 Å². The SMILES string of the molecule is Cc1nn(-c2ccc(F)cc2)cc1C(=O)Nc1ccc(CCl)c(C(F)(F)F)c1. The van der Waals surface area contributed by atoms with Crippen LogP contribution in [0.2, 0.25) is 0 Å². The molecule has 28 heavy (non-hydrogen) atoms. The first-order valence-electron chi connectivity index (χ1n) is 8.08. The molecule has 0 aliphatic carbocycles. The Kier molecular flexibility index (Phi) is 5.42. The van der Waals surface area contributed by atoms with Gasteiger partial charge < -0.3 is 5.32 Å². The van der Waals surface area contributed by atoms with E-state index in [4.69, 9.17) is 11.6 Å². The molecule has 3 rings (SSSR count). The zero-order valence-electron chi connectivity index (χ0n) is 14.5. The highest BCUT2D eigenvalue weighted by atomic mass is 35.5. The number of hydrogen-bond donors (Lipinski definition) is 1. The van der Waals surface area contributed by atoms with Crippen LogP contribution in [0, 0.1) is 12.7 Å². The third-order valence-corrected chi connectivity index (χ3v) is 4.34. The van der Waals surface area contributed by atoms with E-state index in [9.17, 15) is 22.4 Å². The van der Waals surface area contributed by atoms with Crippen LogP contribution in [-0.4, -0.2) is 15.7 Å². The highest BCUT2D eigenvalue weighted by Crippen LogP contribution is 2.34. The summed E-state index contributed by atoms with van der Waals surface area (Å²) in [5.41, 5.74) is 0.0931. The predicted molar refractivity (Wildman–Crippen MR) is 97.2 cm³/mol. The van der Waals surface area contributed by atoms with Crippen LogP contribution in [0.25, 0.3) is 5.69 Å². The van der Waals surface area contributed by atoms with Crippen LogP contribution in [0.1, 0.15) is 27.2 Å². The monoisotopic (exact) mass is 411 g/mol. The molecule has 9 heteroatoms. The number of aryl methyl sites for hydroxylation is 1. The highest BCUT2D eigenvalue weighted by molar-refractivity contribution is 6.17. The number of anilines is 1. The summed E-state index contributed by atoms with van der Waals surface area (Å²) in [5.74, 6) is -1.32. The quantitative estimate of drug-likeness (QED) is 0.466. The number of halogens is 5. The second-order valence-corrected chi connectivity index (χ2v) is 6.27. The predicted octanol–water partition coefficient (Wildman–Crippen LogP) is 5.33. The van der Waals surface area contributed by atoms with Gasteiger partial charge >= 0.3 is 6.18 Å². The fraction of sp³-hybridized carbons (Fsp3) is 0.158. The molecule has 0 saturated heterocycles. The highest BCUT2D eigenvalue weighted by Gasteiger charge is 2.33. The number of benzene rings is 2. The molecular formula is C19H14ClF4N3O. The molecule has 0 radical (unpaired) electrons. The van der Waals surface area contributed by atoms with E-state index < -0.39 is 23.5 Å². The van der Waals surface area contributed by atoms with Gasteiger partial charge in [-0.1, -0.05) is 6.07 Å². The number of carbonyl (C=O) groups excluding carboxylic acids is 1. The van der Waals surface area contributed by atoms with E-state index in [1.54, 1.807) is 6.92 Å². The van der Waals surface area contributed by atoms with Crippen molar-refractivity contribution in [3.8, 4) is 5.69 Å². The lowest BCUT2D eigenvalue weighted by Gasteiger charge is -2.13. The van der Waals surface area contributed by atoms with Gasteiger partial charge in [0.15, 0.2) is 0 Å². The van der Waals surface area contributed by atoms with E-state index in [1.165, 1.54) is 47.3 Å². The van der Waals surface area contributed by atoms with E-state index in [2.05, 4.69) is 10.4 Å². The summed E-state index contributed by atoms with van der Waals surface area (Å²) in [4.78, 5) is 12.5. The normalized spacial score (nSPS) is 11.5. The lowest BCUT2D eigenvalue weighted by molar-refractivity contribution is -0.138. The number of amides is 1. The van der Waals surface area contributed by atoms with E-state index >= 15 is 0 Å². The van der Waals surface area contributed by atoms with Crippen LogP contribution >= 0.6 is 11.6 Å². The third kappa shape index (κ3) is 4.17. The van der Waals surface area contributed by atoms with Crippen LogP contribution < -0.4 is 5.32 Å². The molecule has 3 aromatic rings. The van der Waals surface area contributed by atoms with Crippen molar-refractivity contribution in [2.45, 2.75) is 19.0 Å². The average molecular weight is 412 g/mol. The molecule has 0 atom stereocenters. The van der Waals surface area contributed by atoms with Gasteiger partial charge in [-0.05, 0) is 48.9 Å². The van der Waals surface area contributed by atoms with Crippen LogP contribution in [0.5, 0.6) is 0 Å². The molecule has 0 fully saturated rings. The molecule has 0 unspecified atom stereocenters. The van der Waals surface area contributed by atoms with Crippen molar-refractivity contribution in [3.63, 3.8) is 0 Å². The summed E-state index contributed by atoms with van der Waals surface area (Å²) in [6.45, 7) is 1.59. The Morgan fingerprint density at radius 1 is 1.18 bits per heavy atom. The van der Waals surface area contributed by atoms with E-state index in [0.717, 1.165) is 6.07 Å². The Morgan fingerprint density at radius 3 is 2.46 bits per heavy atom. The van der Waals surface area contributed by atoms with Gasteiger partial charge in [-0.3, -0.25) is 4.79 Å². The molecule has 0 spiro atoms. The minimum absolute atomic E-state index is 0.0138. The maximum Gasteiger partial charge on any atom is 0.416 e. The van der Waals surface area contributed by atoms with Gasteiger partial charge in [-0.25, -0.2) is 9.07 Å². The standard InChI is InChI=1S/C19H14ClF4N3O/c1-11-16(10-27(26-11)15-6-3-13(21)4-7-15)18(28)25-14-5-2-12(9-20)17(8-14)19(22,23)24/h2-8,10H,9H2,1H3,(H,25,28). The third-order valence-electron chi connectivity index (χ3n) is 4.05. The zero-order chi connectivity index (χ0) is 20.5. The van der Waals surface area contributed by atoms with Crippen molar-refractivity contribution in [3.05, 3.63) is 76.9 Å². The van der Waals surface area contributed by atoms with E-state index in [0.29, 0.717) is 11.4 Å². The summed E-state index contributed by atoms with van der Waals surface area (Å²) in [6, 6.07) is 8.90. The van der Waals surface area contributed by atoms with Crippen LogP contribution in [0.4, 0.5) is 23.2 Å². The van der Waals surface area contributed by atoms with Gasteiger partial charge in [0.2, 0.25) is 0 Å². The Balaban J connectivity index is 1.87. The van der Waals surface area contributed by atoms with Crippen molar-refractivity contribution in [2.75, 3.05) is 5.32 Å². The molecule has 1 heterocycles. The van der Waals surface area contributed by atoms with Gasteiger partial charge in [-0.2, -0.15) is 18.3 Å². The Hall–Kier alpha value is -2.87. The number of alkyl halides is 4. The molecule has 0 aliphatic rings. The summed E-state index contributed by atoms with van der Waals surface area (Å²) in [5, 5.41) is 6.63. The second kappa shape index (κ2) is 7.63. The maximum atomic E-state index is 13.1. The van der Waals surface area contributed by atoms with Crippen LogP contribution in [0.3, 0.4) is 0 Å². The summed E-state index contributed by atoms with van der Waals surface area (Å²) >= 11 is 5.56. The van der Waals surface area contributed by atoms with Gasteiger partial charge in [0.05, 0.1) is 22.5 Å². The summed E-state index contributed by atoms with van der Waals surface area (Å²) in [7, 11) is 0. The van der Waals surface area contributed by atoms with Crippen molar-refractivity contribution in [1.82, 2.24) is 9.78 Å². The smallest absolute Gasteiger partial charge is 0.322 e. The Bertz CT molecular complexity index is 1010. The minimum Gasteiger partial charge on any atom is -0.322 e. The number of carbonyl (C=O) groups is 1. The van der Waals surface area contributed by atoms with Crippen molar-refractivity contribution in [2.24, 2.45) is 0 Å². The topological polar surface area (TPSA) is 46.9 Å². The van der Waals surface area contributed by atoms with Crippen LogP contribution in [-0.2, 0) is 12.1 Å². The number of nitrogens with zero attached hydrogens (tertiary/aromatic N) is 2. The van der Waals surface area contributed by atoms with Gasteiger partial charge in [0.1, 0.15) is 5.82 Å². The first kappa shape index (κ1) is 19.9. The summed E-state index contributed by atoms with van der Waals surface area (Å²) < 4.78 is 53.9. The molecular weight excluding hydrogens is 398 g/mol. The Labute approximate surface area is 162 Å². The largest absolute Gasteiger partial charge is 0.416 e. The molecule has 0 saturated carbocycles. The number of aromatic nitrogens is 2. The first-order valence-corrected chi connectivity index (χ1v) is 8.62. The lowest BCUT2D eigenvalue weighted by Crippen LogP contribution is -2.14. The number of nitrogens with one attached hydrogen (secondary N) is 1. The number of hydrogen-bond acceptors (Lipinski definition) is 2. The molecule has 0 aliphatic heterocycles. The van der Waals surface area contributed by atoms with Crippen molar-refractivity contribution in [1.29, 1.82) is 0 Å². The summed E-state index contributed by atoms with van der Waals surface area (Å²) in [6.07, 6.45) is -3.16. The molecule has 1 aromatic heterocycles. The molecule has 1 amide bonds. The second-order valence-electron chi connectivity index (χ2n) is 6.01. The van der Waals surface area contributed by atoms with Gasteiger partial charge in [-0.15, -0.1) is 11.6 Å². The van der Waals surface area contributed by atoms with E-state index in [1.807, 2.05) is 0 Å². The van der Waals surface area contributed by atoms with E-state index in [-0.39, 0.29) is 22.7 Å². The van der Waals surface area contributed by atoms with Crippen molar-refractivity contribution >= 4 is 23.2 Å².